The molecule has 176 valence electrons. The minimum absolute atomic E-state index is 0.0294. The lowest BCUT2D eigenvalue weighted by Crippen LogP contribution is -2.34. The Morgan fingerprint density at radius 3 is 2.21 bits per heavy atom. The molecule has 0 aromatic heterocycles. The van der Waals surface area contributed by atoms with Gasteiger partial charge in [-0.1, -0.05) is 30.3 Å². The average molecular weight is 482 g/mol. The molecule has 4 rings (SSSR count). The third kappa shape index (κ3) is 5.72. The van der Waals surface area contributed by atoms with Crippen LogP contribution in [0, 0.1) is 0 Å². The molecule has 3 aromatic carbocycles. The third-order valence-electron chi connectivity index (χ3n) is 5.04. The molecule has 0 unspecified atom stereocenters. The van der Waals surface area contributed by atoms with E-state index in [1.165, 1.54) is 24.3 Å². The van der Waals surface area contributed by atoms with Gasteiger partial charge in [-0.15, -0.1) is 0 Å². The molecule has 9 nitrogen and oxygen atoms in total. The average Bonchev–Trinajstić information content (AvgIpc) is 3.34. The maximum atomic E-state index is 12.7. The largest absolute Gasteiger partial charge is 0.454 e. The molecule has 0 saturated carbocycles. The van der Waals surface area contributed by atoms with Crippen molar-refractivity contribution in [3.8, 4) is 11.5 Å². The number of ether oxygens (including phenoxy) is 2. The lowest BCUT2D eigenvalue weighted by molar-refractivity contribution is 0.0927. The van der Waals surface area contributed by atoms with Gasteiger partial charge in [-0.05, 0) is 48.0 Å². The van der Waals surface area contributed by atoms with Gasteiger partial charge in [-0.25, -0.2) is 13.1 Å². The first kappa shape index (κ1) is 23.3. The van der Waals surface area contributed by atoms with Crippen molar-refractivity contribution >= 4 is 21.8 Å². The zero-order chi connectivity index (χ0) is 24.0. The first-order valence-electron chi connectivity index (χ1n) is 10.5. The molecule has 0 radical (unpaired) electrons. The molecule has 3 N–H and O–H groups in total. The molecule has 1 heterocycles. The number of fused-ring (bicyclic) bond motifs is 1. The monoisotopic (exact) mass is 481 g/mol. The van der Waals surface area contributed by atoms with Crippen LogP contribution >= 0.6 is 0 Å². The molecule has 1 aliphatic heterocycles. The summed E-state index contributed by atoms with van der Waals surface area (Å²) in [5.74, 6) is 0.499. The van der Waals surface area contributed by atoms with Gasteiger partial charge in [0.05, 0.1) is 4.90 Å². The molecule has 10 heteroatoms. The normalized spacial score (nSPS) is 12.2. The van der Waals surface area contributed by atoms with Crippen molar-refractivity contribution in [2.75, 3.05) is 19.9 Å². The molecule has 0 aliphatic carbocycles. The van der Waals surface area contributed by atoms with Gasteiger partial charge in [0, 0.05) is 30.8 Å². The predicted molar refractivity (Wildman–Crippen MR) is 124 cm³/mol. The second-order valence-corrected chi connectivity index (χ2v) is 9.18. The number of hydrogen-bond acceptors (Lipinski definition) is 6. The highest BCUT2D eigenvalue weighted by atomic mass is 32.2. The summed E-state index contributed by atoms with van der Waals surface area (Å²) in [5, 5.41) is 5.38. The minimum atomic E-state index is -3.85. The molecule has 0 spiro atoms. The Morgan fingerprint density at radius 1 is 0.765 bits per heavy atom. The smallest absolute Gasteiger partial charge is 0.251 e. The van der Waals surface area contributed by atoms with Crippen LogP contribution in [0.5, 0.6) is 11.5 Å². The van der Waals surface area contributed by atoms with Crippen LogP contribution in [0.3, 0.4) is 0 Å². The lowest BCUT2D eigenvalue weighted by atomic mass is 10.2. The van der Waals surface area contributed by atoms with Crippen LogP contribution in [-0.4, -0.2) is 40.1 Å². The summed E-state index contributed by atoms with van der Waals surface area (Å²) in [6.45, 7) is 0.612. The van der Waals surface area contributed by atoms with Gasteiger partial charge in [0.1, 0.15) is 0 Å². The summed E-state index contributed by atoms with van der Waals surface area (Å²) in [7, 11) is -3.85. The molecule has 0 bridgehead atoms. The standard InChI is InChI=1S/C24H23N3O6S/c28-23(18-5-2-1-3-6-18)25-11-12-26-24(29)19-7-4-8-20(14-19)34(30,31)27-15-17-9-10-21-22(13-17)33-16-32-21/h1-10,13-14,27H,11-12,15-16H2,(H,25,28)(H,26,29). The maximum absolute atomic E-state index is 12.7. The van der Waals surface area contributed by atoms with Gasteiger partial charge in [0.2, 0.25) is 16.8 Å². The van der Waals surface area contributed by atoms with E-state index < -0.39 is 15.9 Å². The Morgan fingerprint density at radius 2 is 1.44 bits per heavy atom. The molecular formula is C24H23N3O6S. The van der Waals surface area contributed by atoms with Crippen LogP contribution in [0.25, 0.3) is 0 Å². The first-order chi connectivity index (χ1) is 16.4. The zero-order valence-electron chi connectivity index (χ0n) is 18.1. The highest BCUT2D eigenvalue weighted by Crippen LogP contribution is 2.32. The topological polar surface area (TPSA) is 123 Å². The van der Waals surface area contributed by atoms with Crippen molar-refractivity contribution in [3.63, 3.8) is 0 Å². The Kier molecular flexibility index (Phi) is 7.09. The SMILES string of the molecule is O=C(NCCNC(=O)c1cccc(S(=O)(=O)NCc2ccc3c(c2)OCO3)c1)c1ccccc1. The molecule has 2 amide bonds. The van der Waals surface area contributed by atoms with Crippen LogP contribution in [0.4, 0.5) is 0 Å². The van der Waals surface area contributed by atoms with Gasteiger partial charge in [0.25, 0.3) is 11.8 Å². The van der Waals surface area contributed by atoms with Gasteiger partial charge in [-0.2, -0.15) is 0 Å². The second-order valence-electron chi connectivity index (χ2n) is 7.42. The van der Waals surface area contributed by atoms with Crippen molar-refractivity contribution in [1.29, 1.82) is 0 Å². The van der Waals surface area contributed by atoms with E-state index in [1.54, 1.807) is 42.5 Å². The number of benzene rings is 3. The second kappa shape index (κ2) is 10.4. The number of carbonyl (C=O) groups excluding carboxylic acids is 2. The quantitative estimate of drug-likeness (QED) is 0.402. The fraction of sp³-hybridized carbons (Fsp3) is 0.167. The first-order valence-corrected chi connectivity index (χ1v) is 12.0. The van der Waals surface area contributed by atoms with Gasteiger partial charge in [0.15, 0.2) is 11.5 Å². The van der Waals surface area contributed by atoms with Crippen LogP contribution in [0.2, 0.25) is 0 Å². The van der Waals surface area contributed by atoms with Crippen molar-refractivity contribution in [2.45, 2.75) is 11.4 Å². The minimum Gasteiger partial charge on any atom is -0.454 e. The summed E-state index contributed by atoms with van der Waals surface area (Å²) < 4.78 is 38.6. The van der Waals surface area contributed by atoms with E-state index in [4.69, 9.17) is 9.47 Å². The Hall–Kier alpha value is -3.89. The maximum Gasteiger partial charge on any atom is 0.251 e. The van der Waals surface area contributed by atoms with Gasteiger partial charge >= 0.3 is 0 Å². The zero-order valence-corrected chi connectivity index (χ0v) is 18.9. The predicted octanol–water partition coefficient (Wildman–Crippen LogP) is 2.05. The molecular weight excluding hydrogens is 458 g/mol. The number of rotatable bonds is 9. The van der Waals surface area contributed by atoms with Crippen LogP contribution < -0.4 is 24.8 Å². The van der Waals surface area contributed by atoms with E-state index in [0.29, 0.717) is 22.6 Å². The molecule has 0 atom stereocenters. The van der Waals surface area contributed by atoms with Crippen molar-refractivity contribution in [1.82, 2.24) is 15.4 Å². The van der Waals surface area contributed by atoms with E-state index in [2.05, 4.69) is 15.4 Å². The third-order valence-corrected chi connectivity index (χ3v) is 6.44. The van der Waals surface area contributed by atoms with Crippen LogP contribution in [0.1, 0.15) is 26.3 Å². The summed E-state index contributed by atoms with van der Waals surface area (Å²) in [5.41, 5.74) is 1.43. The molecule has 0 saturated heterocycles. The number of carbonyl (C=O) groups is 2. The van der Waals surface area contributed by atoms with Crippen LogP contribution in [0.15, 0.2) is 77.7 Å². The summed E-state index contributed by atoms with van der Waals surface area (Å²) >= 11 is 0. The van der Waals surface area contributed by atoms with E-state index in [0.717, 1.165) is 0 Å². The lowest BCUT2D eigenvalue weighted by Gasteiger charge is -2.10. The fourth-order valence-electron chi connectivity index (χ4n) is 3.26. The number of sulfonamides is 1. The van der Waals surface area contributed by atoms with Crippen LogP contribution in [-0.2, 0) is 16.6 Å². The fourth-order valence-corrected chi connectivity index (χ4v) is 4.33. The Labute approximate surface area is 197 Å². The highest BCUT2D eigenvalue weighted by Gasteiger charge is 2.18. The Balaban J connectivity index is 1.30. The van der Waals surface area contributed by atoms with Crippen molar-refractivity contribution in [3.05, 3.63) is 89.5 Å². The van der Waals surface area contributed by atoms with Crippen molar-refractivity contribution in [2.24, 2.45) is 0 Å². The number of nitrogens with one attached hydrogen (secondary N) is 3. The van der Waals surface area contributed by atoms with Crippen molar-refractivity contribution < 1.29 is 27.5 Å². The Bertz CT molecular complexity index is 1300. The van der Waals surface area contributed by atoms with E-state index in [1.807, 2.05) is 6.07 Å². The molecule has 3 aromatic rings. The van der Waals surface area contributed by atoms with E-state index in [-0.39, 0.29) is 42.8 Å². The van der Waals surface area contributed by atoms with E-state index >= 15 is 0 Å². The summed E-state index contributed by atoms with van der Waals surface area (Å²) in [6, 6.07) is 19.7. The summed E-state index contributed by atoms with van der Waals surface area (Å²) in [4.78, 5) is 24.5. The molecule has 0 fully saturated rings. The number of amides is 2. The summed E-state index contributed by atoms with van der Waals surface area (Å²) in [6.07, 6.45) is 0. The highest BCUT2D eigenvalue weighted by molar-refractivity contribution is 7.89. The number of hydrogen-bond donors (Lipinski definition) is 3. The molecule has 34 heavy (non-hydrogen) atoms. The molecule has 1 aliphatic rings. The van der Waals surface area contributed by atoms with Gasteiger partial charge in [-0.3, -0.25) is 9.59 Å². The van der Waals surface area contributed by atoms with Gasteiger partial charge < -0.3 is 20.1 Å². The van der Waals surface area contributed by atoms with E-state index in [9.17, 15) is 18.0 Å².